The van der Waals surface area contributed by atoms with Gasteiger partial charge in [0.15, 0.2) is 17.8 Å². The molecule has 0 radical (unpaired) electrons. The number of benzene rings is 1. The number of carbonyl (C=O) groups excluding carboxylic acids is 1. The van der Waals surface area contributed by atoms with E-state index in [2.05, 4.69) is 0 Å². The minimum absolute atomic E-state index is 0.105. The van der Waals surface area contributed by atoms with Crippen LogP contribution in [0.5, 0.6) is 17.2 Å². The van der Waals surface area contributed by atoms with Crippen molar-refractivity contribution in [3.63, 3.8) is 0 Å². The van der Waals surface area contributed by atoms with E-state index >= 15 is 0 Å². The number of fused-ring (bicyclic) bond motifs is 2. The van der Waals surface area contributed by atoms with Gasteiger partial charge in [-0.15, -0.1) is 0 Å². The highest BCUT2D eigenvalue weighted by Crippen LogP contribution is 2.45. The number of ether oxygens (including phenoxy) is 4. The lowest BCUT2D eigenvalue weighted by Crippen LogP contribution is -2.15. The summed E-state index contributed by atoms with van der Waals surface area (Å²) in [5, 5.41) is 0.971. The molecule has 25 heavy (non-hydrogen) atoms. The average molecular weight is 348 g/mol. The van der Waals surface area contributed by atoms with Crippen LogP contribution < -0.4 is 19.8 Å². The summed E-state index contributed by atoms with van der Waals surface area (Å²) in [7, 11) is 2.89. The number of rotatable bonds is 6. The van der Waals surface area contributed by atoms with Crippen molar-refractivity contribution in [2.75, 3.05) is 27.4 Å². The smallest absolute Gasteiger partial charge is 0.344 e. The van der Waals surface area contributed by atoms with Crippen molar-refractivity contribution >= 4 is 27.9 Å². The van der Waals surface area contributed by atoms with Crippen molar-refractivity contribution in [2.24, 2.45) is 0 Å². The highest BCUT2D eigenvalue weighted by molar-refractivity contribution is 6.09. The summed E-state index contributed by atoms with van der Waals surface area (Å²) >= 11 is 0. The fraction of sp³-hybridized carbons (Fsp3) is 0.294. The molecule has 3 aromatic rings. The Kier molecular flexibility index (Phi) is 4.51. The summed E-state index contributed by atoms with van der Waals surface area (Å²) in [5.41, 5.74) is -0.191. The molecule has 0 unspecified atom stereocenters. The molecule has 8 heteroatoms. The normalized spacial score (nSPS) is 10.8. The Morgan fingerprint density at radius 1 is 1.16 bits per heavy atom. The van der Waals surface area contributed by atoms with Crippen LogP contribution in [0.4, 0.5) is 0 Å². The predicted octanol–water partition coefficient (Wildman–Crippen LogP) is 2.50. The van der Waals surface area contributed by atoms with Gasteiger partial charge in [0.05, 0.1) is 38.5 Å². The molecule has 0 saturated heterocycles. The summed E-state index contributed by atoms with van der Waals surface area (Å²) in [6, 6.07) is 2.83. The number of hydrogen-bond acceptors (Lipinski definition) is 8. The van der Waals surface area contributed by atoms with Crippen molar-refractivity contribution in [1.82, 2.24) is 0 Å². The molecule has 0 spiro atoms. The highest BCUT2D eigenvalue weighted by atomic mass is 16.6. The lowest BCUT2D eigenvalue weighted by molar-refractivity contribution is -0.145. The fourth-order valence-corrected chi connectivity index (χ4v) is 2.60. The fourth-order valence-electron chi connectivity index (χ4n) is 2.60. The molecule has 0 bridgehead atoms. The molecule has 0 fully saturated rings. The minimum atomic E-state index is -0.669. The number of esters is 1. The Labute approximate surface area is 141 Å². The van der Waals surface area contributed by atoms with Crippen LogP contribution in [0.25, 0.3) is 21.9 Å². The van der Waals surface area contributed by atoms with Gasteiger partial charge in [0.25, 0.3) is 0 Å². The quantitative estimate of drug-likeness (QED) is 0.495. The number of hydrogen-bond donors (Lipinski definition) is 0. The van der Waals surface area contributed by atoms with Gasteiger partial charge in [0, 0.05) is 0 Å². The molecule has 3 rings (SSSR count). The molecule has 2 aromatic heterocycles. The molecule has 0 aliphatic heterocycles. The van der Waals surface area contributed by atoms with Gasteiger partial charge in [-0.3, -0.25) is 0 Å². The van der Waals surface area contributed by atoms with E-state index in [0.717, 1.165) is 6.07 Å². The van der Waals surface area contributed by atoms with Gasteiger partial charge in [-0.2, -0.15) is 0 Å². The zero-order chi connectivity index (χ0) is 18.0. The second kappa shape index (κ2) is 6.76. The topological polar surface area (TPSA) is 97.3 Å². The summed E-state index contributed by atoms with van der Waals surface area (Å²) in [4.78, 5) is 23.5. The van der Waals surface area contributed by atoms with E-state index in [1.165, 1.54) is 20.5 Å². The third-order valence-electron chi connectivity index (χ3n) is 3.53. The number of furan rings is 1. The van der Waals surface area contributed by atoms with Crippen LogP contribution in [0.1, 0.15) is 6.92 Å². The van der Waals surface area contributed by atoms with E-state index in [9.17, 15) is 9.59 Å². The first-order chi connectivity index (χ1) is 12.1. The van der Waals surface area contributed by atoms with Crippen LogP contribution in [-0.4, -0.2) is 33.4 Å². The first-order valence-electron chi connectivity index (χ1n) is 7.48. The van der Waals surface area contributed by atoms with E-state index < -0.39 is 11.6 Å². The van der Waals surface area contributed by atoms with Gasteiger partial charge >= 0.3 is 11.6 Å². The van der Waals surface area contributed by atoms with E-state index in [-0.39, 0.29) is 30.3 Å². The molecular formula is C17H16O8. The molecule has 1 aromatic carbocycles. The van der Waals surface area contributed by atoms with Crippen LogP contribution in [0.3, 0.4) is 0 Å². The van der Waals surface area contributed by atoms with Crippen molar-refractivity contribution in [2.45, 2.75) is 6.92 Å². The van der Waals surface area contributed by atoms with E-state index in [0.29, 0.717) is 22.1 Å². The van der Waals surface area contributed by atoms with Crippen LogP contribution in [0.2, 0.25) is 0 Å². The monoisotopic (exact) mass is 348 g/mol. The Balaban J connectivity index is 2.26. The van der Waals surface area contributed by atoms with Gasteiger partial charge in [-0.05, 0) is 13.0 Å². The summed E-state index contributed by atoms with van der Waals surface area (Å²) < 4.78 is 31.8. The third kappa shape index (κ3) is 2.86. The first kappa shape index (κ1) is 16.7. The van der Waals surface area contributed by atoms with Crippen LogP contribution >= 0.6 is 0 Å². The van der Waals surface area contributed by atoms with E-state index in [1.807, 2.05) is 0 Å². The number of methoxy groups -OCH3 is 2. The molecule has 8 nitrogen and oxygen atoms in total. The van der Waals surface area contributed by atoms with Crippen molar-refractivity contribution in [1.29, 1.82) is 0 Å². The van der Waals surface area contributed by atoms with Crippen LogP contribution in [-0.2, 0) is 9.53 Å². The number of carbonyl (C=O) groups is 1. The summed E-state index contributed by atoms with van der Waals surface area (Å²) in [6.45, 7) is 1.56. The molecule has 132 valence electrons. The maximum atomic E-state index is 11.9. The zero-order valence-electron chi connectivity index (χ0n) is 13.9. The molecule has 0 saturated carbocycles. The minimum Gasteiger partial charge on any atom is -0.495 e. The van der Waals surface area contributed by atoms with Gasteiger partial charge in [-0.1, -0.05) is 0 Å². The molecule has 0 aliphatic carbocycles. The van der Waals surface area contributed by atoms with Crippen LogP contribution in [0.15, 0.2) is 32.0 Å². The third-order valence-corrected chi connectivity index (χ3v) is 3.53. The average Bonchev–Trinajstić information content (AvgIpc) is 3.07. The summed E-state index contributed by atoms with van der Waals surface area (Å²) in [5.74, 6) is 0.174. The lowest BCUT2D eigenvalue weighted by atomic mass is 10.1. The lowest BCUT2D eigenvalue weighted by Gasteiger charge is -2.13. The molecule has 0 atom stereocenters. The van der Waals surface area contributed by atoms with Crippen molar-refractivity contribution in [3.05, 3.63) is 28.8 Å². The predicted molar refractivity (Wildman–Crippen MR) is 87.5 cm³/mol. The Hall–Kier alpha value is -3.16. The standard InChI is InChI=1S/C17H16O8/c1-4-22-12(19)8-24-10-7-11(18)25-16-13(10)14(20-2)9-5-6-23-15(9)17(16)21-3/h5-7H,4,8H2,1-3H3. The highest BCUT2D eigenvalue weighted by Gasteiger charge is 2.24. The molecule has 0 amide bonds. The van der Waals surface area contributed by atoms with Gasteiger partial charge in [-0.25, -0.2) is 9.59 Å². The Morgan fingerprint density at radius 2 is 1.92 bits per heavy atom. The molecule has 0 aliphatic rings. The van der Waals surface area contributed by atoms with E-state index in [4.69, 9.17) is 27.8 Å². The first-order valence-corrected chi connectivity index (χ1v) is 7.48. The second-order valence-electron chi connectivity index (χ2n) is 4.96. The second-order valence-corrected chi connectivity index (χ2v) is 4.96. The van der Waals surface area contributed by atoms with Crippen LogP contribution in [0, 0.1) is 0 Å². The SMILES string of the molecule is CCOC(=O)COc1cc(=O)oc2c(OC)c3occc3c(OC)c12. The maximum Gasteiger partial charge on any atom is 0.344 e. The molecular weight excluding hydrogens is 332 g/mol. The Bertz CT molecular complexity index is 982. The van der Waals surface area contributed by atoms with Crippen molar-refractivity contribution in [3.8, 4) is 17.2 Å². The van der Waals surface area contributed by atoms with E-state index in [1.54, 1.807) is 13.0 Å². The summed E-state index contributed by atoms with van der Waals surface area (Å²) in [6.07, 6.45) is 1.46. The maximum absolute atomic E-state index is 11.9. The van der Waals surface area contributed by atoms with Crippen molar-refractivity contribution < 1.29 is 32.6 Å². The largest absolute Gasteiger partial charge is 0.495 e. The van der Waals surface area contributed by atoms with Gasteiger partial charge in [0.1, 0.15) is 16.9 Å². The zero-order valence-corrected chi connectivity index (χ0v) is 13.9. The van der Waals surface area contributed by atoms with Gasteiger partial charge in [0.2, 0.25) is 5.75 Å². The molecule has 2 heterocycles. The van der Waals surface area contributed by atoms with Gasteiger partial charge < -0.3 is 27.8 Å². The molecule has 0 N–H and O–H groups in total. The Morgan fingerprint density at radius 3 is 2.60 bits per heavy atom.